The summed E-state index contributed by atoms with van der Waals surface area (Å²) in [5.74, 6) is -0.555. The molecule has 0 unspecified atom stereocenters. The summed E-state index contributed by atoms with van der Waals surface area (Å²) in [7, 11) is 0. The third-order valence-electron chi connectivity index (χ3n) is 7.44. The SMILES string of the molecule is CC(=N)N1CCC(CN2CC[C@@H](SC3=C(C(=O)O)N4C(=O)[C@H]([C@@H](C)O)[C@H]4[C@H]3C)C2)CC1. The zero-order valence-electron chi connectivity index (χ0n) is 18.6. The molecular formula is C22H34N4O4S. The van der Waals surface area contributed by atoms with Crippen LogP contribution in [-0.2, 0) is 9.59 Å². The van der Waals surface area contributed by atoms with E-state index in [-0.39, 0.29) is 23.6 Å². The molecule has 9 heteroatoms. The topological polar surface area (TPSA) is 108 Å². The number of piperidine rings is 1. The number of amides is 1. The second-order valence-corrected chi connectivity index (χ2v) is 10.9. The lowest BCUT2D eigenvalue weighted by molar-refractivity contribution is -0.163. The third kappa shape index (κ3) is 4.12. The fraction of sp³-hybridized carbons (Fsp3) is 0.773. The van der Waals surface area contributed by atoms with Crippen LogP contribution < -0.4 is 0 Å². The number of amidine groups is 1. The van der Waals surface area contributed by atoms with Gasteiger partial charge in [0, 0.05) is 42.3 Å². The van der Waals surface area contributed by atoms with Crippen molar-refractivity contribution in [1.29, 1.82) is 5.41 Å². The van der Waals surface area contributed by atoms with Crippen LogP contribution in [0.5, 0.6) is 0 Å². The van der Waals surface area contributed by atoms with Gasteiger partial charge < -0.3 is 24.9 Å². The number of carboxylic acid groups (broad SMARTS) is 1. The van der Waals surface area contributed by atoms with E-state index in [0.29, 0.717) is 17.0 Å². The highest BCUT2D eigenvalue weighted by molar-refractivity contribution is 8.03. The lowest BCUT2D eigenvalue weighted by atomic mass is 9.79. The molecule has 4 aliphatic rings. The molecule has 0 aliphatic carbocycles. The maximum Gasteiger partial charge on any atom is 0.353 e. The molecule has 0 saturated carbocycles. The molecule has 0 bridgehead atoms. The van der Waals surface area contributed by atoms with Crippen molar-refractivity contribution < 1.29 is 19.8 Å². The summed E-state index contributed by atoms with van der Waals surface area (Å²) in [6, 6.07) is -0.235. The standard InChI is InChI=1S/C22H34N4O4S/c1-12-18-17(13(2)27)21(28)26(18)19(22(29)30)20(12)31-16-6-7-24(11-16)10-15-4-8-25(9-5-15)14(3)23/h12-13,15-18,23,27H,4-11H2,1-3H3,(H,29,30)/t12-,13-,16-,17-,18-/m1/s1. The molecule has 1 amide bonds. The third-order valence-corrected chi connectivity index (χ3v) is 8.98. The number of likely N-dealkylation sites (tertiary alicyclic amines) is 2. The second kappa shape index (κ2) is 8.75. The van der Waals surface area contributed by atoms with E-state index in [1.807, 2.05) is 13.8 Å². The molecule has 3 N–H and O–H groups in total. The van der Waals surface area contributed by atoms with Gasteiger partial charge in [0.15, 0.2) is 0 Å². The minimum absolute atomic E-state index is 0.0591. The molecule has 4 rings (SSSR count). The Kier molecular flexibility index (Phi) is 6.38. The number of fused-ring (bicyclic) bond motifs is 1. The van der Waals surface area contributed by atoms with E-state index in [1.54, 1.807) is 18.7 Å². The van der Waals surface area contributed by atoms with Gasteiger partial charge in [0.2, 0.25) is 5.91 Å². The summed E-state index contributed by atoms with van der Waals surface area (Å²) in [5, 5.41) is 27.9. The van der Waals surface area contributed by atoms with E-state index >= 15 is 0 Å². The Hall–Kier alpha value is -1.58. The minimum Gasteiger partial charge on any atom is -0.477 e. The molecule has 3 saturated heterocycles. The van der Waals surface area contributed by atoms with E-state index in [4.69, 9.17) is 5.41 Å². The van der Waals surface area contributed by atoms with Crippen molar-refractivity contribution in [3.05, 3.63) is 10.6 Å². The fourth-order valence-corrected chi connectivity index (χ4v) is 7.25. The van der Waals surface area contributed by atoms with Crippen LogP contribution in [0, 0.1) is 23.2 Å². The van der Waals surface area contributed by atoms with Crippen LogP contribution in [0.3, 0.4) is 0 Å². The van der Waals surface area contributed by atoms with Gasteiger partial charge in [-0.1, -0.05) is 6.92 Å². The lowest BCUT2D eigenvalue weighted by Gasteiger charge is -2.46. The molecule has 0 aromatic heterocycles. The van der Waals surface area contributed by atoms with Crippen LogP contribution in [0.1, 0.15) is 40.0 Å². The van der Waals surface area contributed by atoms with E-state index in [9.17, 15) is 19.8 Å². The van der Waals surface area contributed by atoms with Crippen molar-refractivity contribution in [1.82, 2.24) is 14.7 Å². The number of carbonyl (C=O) groups excluding carboxylic acids is 1. The van der Waals surface area contributed by atoms with Crippen molar-refractivity contribution in [3.8, 4) is 0 Å². The molecule has 172 valence electrons. The number of hydrogen-bond donors (Lipinski definition) is 3. The highest BCUT2D eigenvalue weighted by Crippen LogP contribution is 2.51. The summed E-state index contributed by atoms with van der Waals surface area (Å²) in [4.78, 5) is 31.3. The van der Waals surface area contributed by atoms with Crippen LogP contribution in [0.15, 0.2) is 10.6 Å². The van der Waals surface area contributed by atoms with Gasteiger partial charge in [-0.3, -0.25) is 10.2 Å². The van der Waals surface area contributed by atoms with Crippen molar-refractivity contribution >= 4 is 29.5 Å². The zero-order valence-corrected chi connectivity index (χ0v) is 19.4. The Morgan fingerprint density at radius 1 is 1.26 bits per heavy atom. The number of nitrogens with one attached hydrogen (secondary N) is 1. The van der Waals surface area contributed by atoms with Gasteiger partial charge in [0.1, 0.15) is 5.70 Å². The summed E-state index contributed by atoms with van der Waals surface area (Å²) >= 11 is 1.64. The van der Waals surface area contributed by atoms with Gasteiger partial charge in [0.05, 0.1) is 23.9 Å². The number of aliphatic hydroxyl groups excluding tert-OH is 1. The molecule has 0 aromatic rings. The minimum atomic E-state index is -1.04. The zero-order chi connectivity index (χ0) is 22.4. The molecular weight excluding hydrogens is 416 g/mol. The first-order valence-electron chi connectivity index (χ1n) is 11.4. The van der Waals surface area contributed by atoms with Crippen LogP contribution >= 0.6 is 11.8 Å². The van der Waals surface area contributed by atoms with Crippen molar-refractivity contribution in [2.75, 3.05) is 32.7 Å². The monoisotopic (exact) mass is 450 g/mol. The molecule has 4 aliphatic heterocycles. The van der Waals surface area contributed by atoms with Gasteiger partial charge in [-0.05, 0) is 45.6 Å². The van der Waals surface area contributed by atoms with Gasteiger partial charge >= 0.3 is 5.97 Å². The summed E-state index contributed by atoms with van der Waals surface area (Å²) in [6.07, 6.45) is 2.50. The predicted octanol–water partition coefficient (Wildman–Crippen LogP) is 1.66. The first-order valence-corrected chi connectivity index (χ1v) is 12.2. The van der Waals surface area contributed by atoms with E-state index in [2.05, 4.69) is 9.80 Å². The molecule has 3 fully saturated rings. The number of hydrogen-bond acceptors (Lipinski definition) is 6. The summed E-state index contributed by atoms with van der Waals surface area (Å²) in [6.45, 7) is 10.4. The molecule has 5 atom stereocenters. The van der Waals surface area contributed by atoms with Crippen molar-refractivity contribution in [2.45, 2.75) is 57.4 Å². The number of aliphatic hydroxyl groups is 1. The number of β-lactam (4-membered cyclic amide) rings is 1. The number of carbonyl (C=O) groups is 2. The Morgan fingerprint density at radius 3 is 2.52 bits per heavy atom. The molecule has 0 aromatic carbocycles. The van der Waals surface area contributed by atoms with Gasteiger partial charge in [0.25, 0.3) is 0 Å². The number of carboxylic acids is 1. The van der Waals surface area contributed by atoms with Gasteiger partial charge in [-0.15, -0.1) is 11.8 Å². The normalized spacial score (nSPS) is 33.0. The molecule has 8 nitrogen and oxygen atoms in total. The average Bonchev–Trinajstić information content (AvgIpc) is 3.23. The van der Waals surface area contributed by atoms with E-state index in [1.165, 1.54) is 4.90 Å². The Labute approximate surface area is 188 Å². The van der Waals surface area contributed by atoms with Gasteiger partial charge in [-0.25, -0.2) is 4.79 Å². The largest absolute Gasteiger partial charge is 0.477 e. The maximum atomic E-state index is 12.5. The number of aliphatic carboxylic acids is 1. The number of thioether (sulfide) groups is 1. The van der Waals surface area contributed by atoms with Crippen molar-refractivity contribution in [2.24, 2.45) is 17.8 Å². The molecule has 0 radical (unpaired) electrons. The summed E-state index contributed by atoms with van der Waals surface area (Å²) in [5.41, 5.74) is 0.136. The van der Waals surface area contributed by atoms with Crippen LogP contribution in [-0.4, -0.2) is 92.7 Å². The molecule has 0 spiro atoms. The highest BCUT2D eigenvalue weighted by atomic mass is 32.2. The average molecular weight is 451 g/mol. The Bertz CT molecular complexity index is 792. The van der Waals surface area contributed by atoms with E-state index < -0.39 is 18.0 Å². The smallest absolute Gasteiger partial charge is 0.353 e. The predicted molar refractivity (Wildman–Crippen MR) is 120 cm³/mol. The number of rotatable bonds is 6. The molecule has 31 heavy (non-hydrogen) atoms. The lowest BCUT2D eigenvalue weighted by Crippen LogP contribution is -2.63. The quantitative estimate of drug-likeness (QED) is 0.321. The Balaban J connectivity index is 1.36. The van der Waals surface area contributed by atoms with Crippen LogP contribution in [0.25, 0.3) is 0 Å². The number of nitrogens with zero attached hydrogens (tertiary/aromatic N) is 3. The first-order chi connectivity index (χ1) is 14.7. The fourth-order valence-electron chi connectivity index (χ4n) is 5.73. The highest BCUT2D eigenvalue weighted by Gasteiger charge is 2.60. The molecule has 4 heterocycles. The maximum absolute atomic E-state index is 12.5. The van der Waals surface area contributed by atoms with Crippen molar-refractivity contribution in [3.63, 3.8) is 0 Å². The second-order valence-electron chi connectivity index (χ2n) is 9.58. The van der Waals surface area contributed by atoms with Crippen LogP contribution in [0.4, 0.5) is 0 Å². The van der Waals surface area contributed by atoms with E-state index in [0.717, 1.165) is 56.9 Å². The first kappa shape index (κ1) is 22.6. The van der Waals surface area contributed by atoms with Gasteiger partial charge in [-0.2, -0.15) is 0 Å². The summed E-state index contributed by atoms with van der Waals surface area (Å²) < 4.78 is 0. The van der Waals surface area contributed by atoms with Crippen LogP contribution in [0.2, 0.25) is 0 Å². The Morgan fingerprint density at radius 2 is 1.94 bits per heavy atom.